The van der Waals surface area contributed by atoms with Crippen molar-refractivity contribution < 1.29 is 49.1 Å². The summed E-state index contributed by atoms with van der Waals surface area (Å²) in [4.78, 5) is 52.7. The molecule has 20 heteroatoms. The summed E-state index contributed by atoms with van der Waals surface area (Å²) in [7, 11) is 0. The van der Waals surface area contributed by atoms with Crippen LogP contribution in [0.5, 0.6) is 0 Å². The van der Waals surface area contributed by atoms with Gasteiger partial charge in [-0.2, -0.15) is 0 Å². The van der Waals surface area contributed by atoms with Crippen LogP contribution in [-0.2, 0) is 32.2 Å². The maximum absolute atomic E-state index is 13.4. The van der Waals surface area contributed by atoms with E-state index < -0.39 is 24.4 Å². The molecule has 0 spiro atoms. The average Bonchev–Trinajstić information content (AvgIpc) is 1.36. The summed E-state index contributed by atoms with van der Waals surface area (Å²) in [6.45, 7) is 24.8. The number of alkyl carbamates (subject to hydrolysis) is 2. The van der Waals surface area contributed by atoms with Crippen LogP contribution in [0.25, 0.3) is 0 Å². The van der Waals surface area contributed by atoms with Gasteiger partial charge in [0.1, 0.15) is 12.2 Å². The number of ether oxygens (including phenoxy) is 2. The number of nitrogens with two attached hydrogens (primary N) is 2. The molecule has 8 aliphatic carbocycles. The number of aliphatic hydroxyl groups is 4. The number of carbonyl (C=O) groups is 4. The van der Waals surface area contributed by atoms with Gasteiger partial charge in [-0.1, -0.05) is 65.8 Å². The standard InChI is InChI=1S/C78H136N10O10/c1-51(59-21-23-61-71-63(47-67(91)77(59,61)5)75(3)29-27-57(43-55(75)45-65(71)89)97-73(95)85-41-13-39-83-35-9-7-33-81-37-11-31-79)15-25-69(93)87-49-53-17-19-54(20-18-53)50-88-70(94)26-16-52(2)60-22-24-62-72-64(48-68(92)78(60,62)6)76(4)30-28-58(44-56(76)46-66(72)90)98-74(96)86-42-14-40-84-36-10-8-34-82-38-12-32-80/h17-20,51-52,55-68,71-72,81-84,89-92H,7-16,21-50,79-80H2,1-6H3,(H,85,95)(H,86,96)(H,87,93)(H,88,94)/t51-,52-,55+,56+,57+,58+,59-,60-,61+,62+,63+,64+,65-,66-,67+,68+,71+,72+,75+,76+,77-,78-/m1/s1. The maximum Gasteiger partial charge on any atom is 0.407 e. The highest BCUT2D eigenvalue weighted by molar-refractivity contribution is 5.76. The summed E-state index contributed by atoms with van der Waals surface area (Å²) in [5.74, 6) is 2.45. The average molecular weight is 1370 g/mol. The Morgan fingerprint density at radius 1 is 0.459 bits per heavy atom. The molecule has 20 nitrogen and oxygen atoms in total. The number of unbranched alkanes of at least 4 members (excludes halogenated alkanes) is 2. The second-order valence-electron chi connectivity index (χ2n) is 33.5. The van der Waals surface area contributed by atoms with Crippen LogP contribution < -0.4 is 54.0 Å². The minimum Gasteiger partial charge on any atom is -0.446 e. The van der Waals surface area contributed by atoms with E-state index in [4.69, 9.17) is 20.9 Å². The number of nitrogens with one attached hydrogen (secondary N) is 8. The van der Waals surface area contributed by atoms with E-state index >= 15 is 0 Å². The highest BCUT2D eigenvalue weighted by Gasteiger charge is 2.68. The molecule has 22 atom stereocenters. The highest BCUT2D eigenvalue weighted by Crippen LogP contribution is 2.70. The van der Waals surface area contributed by atoms with Crippen molar-refractivity contribution in [2.24, 2.45) is 104 Å². The van der Waals surface area contributed by atoms with Crippen LogP contribution in [0.4, 0.5) is 9.59 Å². The van der Waals surface area contributed by atoms with Crippen LogP contribution in [0.3, 0.4) is 0 Å². The van der Waals surface area contributed by atoms with Gasteiger partial charge >= 0.3 is 12.2 Å². The molecule has 1 aromatic carbocycles. The SMILES string of the molecule is C[C@H](CCC(=O)NCc1ccc(CNC(=O)CC[C@@H](C)[C@H]2CC[C@H]3[C@@H]4[C@H](O)C[C@@H]5C[C@@H](OC(=O)NCCCNCCCCNCCCN)CC[C@]5(C)[C@H]4C[C@H](O)[C@]23C)cc1)[C@H]1CC[C@H]2[C@@H]3[C@H](O)C[C@@H]4C[C@@H](OC(=O)NCCCNCCCCNCCCN)CC[C@]4(C)[C@H]3C[C@H](O)[C@]12C. The van der Waals surface area contributed by atoms with Crippen molar-refractivity contribution >= 4 is 24.0 Å². The van der Waals surface area contributed by atoms with Crippen LogP contribution in [0.15, 0.2) is 24.3 Å². The largest absolute Gasteiger partial charge is 0.446 e. The molecule has 4 amide bonds. The van der Waals surface area contributed by atoms with E-state index in [-0.39, 0.29) is 129 Å². The fourth-order valence-electron chi connectivity index (χ4n) is 22.1. The third-order valence-corrected chi connectivity index (χ3v) is 27.8. The van der Waals surface area contributed by atoms with Gasteiger partial charge in [-0.3, -0.25) is 9.59 Å². The third kappa shape index (κ3) is 19.2. The number of fused-ring (bicyclic) bond motifs is 10. The van der Waals surface area contributed by atoms with Crippen LogP contribution in [0.2, 0.25) is 0 Å². The van der Waals surface area contributed by atoms with Crippen molar-refractivity contribution in [3.63, 3.8) is 0 Å². The first-order chi connectivity index (χ1) is 47.1. The fraction of sp³-hybridized carbons (Fsp3) is 0.872. The molecule has 558 valence electrons. The molecule has 8 saturated carbocycles. The molecule has 0 saturated heterocycles. The Balaban J connectivity index is 0.637. The van der Waals surface area contributed by atoms with Gasteiger partial charge in [0.2, 0.25) is 11.8 Å². The number of hydrogen-bond acceptors (Lipinski definition) is 16. The first-order valence-electron chi connectivity index (χ1n) is 39.6. The summed E-state index contributed by atoms with van der Waals surface area (Å²) < 4.78 is 12.0. The summed E-state index contributed by atoms with van der Waals surface area (Å²) in [6, 6.07) is 8.05. The van der Waals surface area contributed by atoms with Gasteiger partial charge in [-0.15, -0.1) is 0 Å². The lowest BCUT2D eigenvalue weighted by Gasteiger charge is -2.63. The fourth-order valence-corrected chi connectivity index (χ4v) is 22.1. The predicted octanol–water partition coefficient (Wildman–Crippen LogP) is 8.54. The summed E-state index contributed by atoms with van der Waals surface area (Å²) >= 11 is 0. The zero-order chi connectivity index (χ0) is 70.0. The first-order valence-corrected chi connectivity index (χ1v) is 39.6. The zero-order valence-corrected chi connectivity index (χ0v) is 61.4. The number of carbonyl (C=O) groups excluding carboxylic acids is 4. The van der Waals surface area contributed by atoms with Gasteiger partial charge in [0.25, 0.3) is 0 Å². The molecule has 8 fully saturated rings. The molecule has 0 bridgehead atoms. The van der Waals surface area contributed by atoms with Gasteiger partial charge < -0.3 is 83.9 Å². The number of amides is 4. The Kier molecular flexibility index (Phi) is 29.7. The Morgan fingerprint density at radius 3 is 1.18 bits per heavy atom. The van der Waals surface area contributed by atoms with Gasteiger partial charge in [0.05, 0.1) is 24.4 Å². The molecular weight excluding hydrogens is 1240 g/mol. The van der Waals surface area contributed by atoms with E-state index in [1.807, 2.05) is 24.3 Å². The molecular formula is C78H136N10O10. The van der Waals surface area contributed by atoms with Crippen LogP contribution in [0.1, 0.15) is 220 Å². The molecule has 0 radical (unpaired) electrons. The third-order valence-electron chi connectivity index (χ3n) is 27.8. The Bertz CT molecular complexity index is 2450. The van der Waals surface area contributed by atoms with E-state index in [9.17, 15) is 39.6 Å². The van der Waals surface area contributed by atoms with Gasteiger partial charge in [-0.25, -0.2) is 9.59 Å². The first kappa shape index (κ1) is 78.4. The Labute approximate surface area is 589 Å². The molecule has 98 heavy (non-hydrogen) atoms. The monoisotopic (exact) mass is 1370 g/mol. The minimum absolute atomic E-state index is 0.00884. The number of benzene rings is 1. The van der Waals surface area contributed by atoms with Crippen LogP contribution >= 0.6 is 0 Å². The molecule has 0 unspecified atom stereocenters. The lowest BCUT2D eigenvalue weighted by molar-refractivity contribution is -0.207. The lowest BCUT2D eigenvalue weighted by Crippen LogP contribution is -2.62. The lowest BCUT2D eigenvalue weighted by atomic mass is 9.43. The molecule has 0 aliphatic heterocycles. The van der Waals surface area contributed by atoms with Crippen molar-refractivity contribution in [1.82, 2.24) is 42.5 Å². The van der Waals surface area contributed by atoms with Crippen molar-refractivity contribution in [2.45, 2.75) is 258 Å². The number of rotatable bonds is 38. The highest BCUT2D eigenvalue weighted by atomic mass is 16.6. The zero-order valence-electron chi connectivity index (χ0n) is 61.4. The molecule has 8 aliphatic rings. The van der Waals surface area contributed by atoms with Gasteiger partial charge in [-0.05, 0) is 323 Å². The summed E-state index contributed by atoms with van der Waals surface area (Å²) in [5, 5.41) is 74.7. The Hall–Kier alpha value is -3.70. The number of aliphatic hydroxyl groups excluding tert-OH is 4. The second kappa shape index (κ2) is 37.1. The van der Waals surface area contributed by atoms with Crippen molar-refractivity contribution in [3.8, 4) is 0 Å². The predicted molar refractivity (Wildman–Crippen MR) is 386 cm³/mol. The quantitative estimate of drug-likeness (QED) is 0.0276. The Morgan fingerprint density at radius 2 is 0.816 bits per heavy atom. The maximum atomic E-state index is 13.4. The molecule has 0 heterocycles. The van der Waals surface area contributed by atoms with Crippen LogP contribution in [0, 0.1) is 92.7 Å². The van der Waals surface area contributed by atoms with Crippen molar-refractivity contribution in [1.29, 1.82) is 0 Å². The van der Waals surface area contributed by atoms with Crippen molar-refractivity contribution in [2.75, 3.05) is 78.5 Å². The van der Waals surface area contributed by atoms with E-state index in [1.165, 1.54) is 0 Å². The van der Waals surface area contributed by atoms with E-state index in [0.29, 0.717) is 64.7 Å². The second-order valence-corrected chi connectivity index (χ2v) is 33.5. The topological polar surface area (TPSA) is 316 Å². The molecule has 9 rings (SSSR count). The van der Waals surface area contributed by atoms with Gasteiger partial charge in [0.15, 0.2) is 0 Å². The molecule has 16 N–H and O–H groups in total. The number of hydrogen-bond donors (Lipinski definition) is 14. The van der Waals surface area contributed by atoms with E-state index in [0.717, 1.165) is 205 Å². The molecule has 1 aromatic rings. The van der Waals surface area contributed by atoms with E-state index in [1.54, 1.807) is 0 Å². The summed E-state index contributed by atoms with van der Waals surface area (Å²) in [6.07, 6.45) is 19.0. The smallest absolute Gasteiger partial charge is 0.407 e. The normalized spacial score (nSPS) is 36.0. The van der Waals surface area contributed by atoms with Gasteiger partial charge in [0, 0.05) is 39.0 Å². The molecule has 0 aromatic heterocycles. The minimum atomic E-state index is -0.492. The van der Waals surface area contributed by atoms with Crippen molar-refractivity contribution in [3.05, 3.63) is 35.4 Å². The summed E-state index contributed by atoms with van der Waals surface area (Å²) in [5.41, 5.74) is 12.3. The van der Waals surface area contributed by atoms with E-state index in [2.05, 4.69) is 84.1 Å². The van der Waals surface area contributed by atoms with Crippen LogP contribution in [-0.4, -0.2) is 160 Å².